The van der Waals surface area contributed by atoms with Gasteiger partial charge in [-0.1, -0.05) is 74.5 Å². The van der Waals surface area contributed by atoms with Gasteiger partial charge in [0.2, 0.25) is 0 Å². The first-order chi connectivity index (χ1) is 10.7. The van der Waals surface area contributed by atoms with Crippen molar-refractivity contribution < 1.29 is 0 Å². The van der Waals surface area contributed by atoms with Crippen molar-refractivity contribution in [3.8, 4) is 22.4 Å². The lowest BCUT2D eigenvalue weighted by molar-refractivity contribution is 0.648. The van der Waals surface area contributed by atoms with Gasteiger partial charge in [0.05, 0.1) is 5.69 Å². The zero-order chi connectivity index (χ0) is 15.4. The van der Waals surface area contributed by atoms with Gasteiger partial charge in [-0.15, -0.1) is 0 Å². The van der Waals surface area contributed by atoms with Gasteiger partial charge in [0.1, 0.15) is 0 Å². The fourth-order valence-electron chi connectivity index (χ4n) is 2.75. The molecule has 3 rings (SSSR count). The van der Waals surface area contributed by atoms with Crippen LogP contribution in [-0.2, 0) is 6.42 Å². The maximum absolute atomic E-state index is 4.69. The lowest BCUT2D eigenvalue weighted by atomic mass is 9.94. The topological polar surface area (TPSA) is 12.9 Å². The molecule has 1 aromatic heterocycles. The van der Waals surface area contributed by atoms with Crippen molar-refractivity contribution in [3.63, 3.8) is 0 Å². The molecule has 3 aromatic rings. The molecule has 0 aliphatic heterocycles. The molecule has 0 atom stereocenters. The van der Waals surface area contributed by atoms with E-state index in [2.05, 4.69) is 74.5 Å². The molecular formula is C21H21N. The Kier molecular flexibility index (Phi) is 4.34. The van der Waals surface area contributed by atoms with Crippen molar-refractivity contribution in [2.45, 2.75) is 20.3 Å². The Bertz CT molecular complexity index is 730. The summed E-state index contributed by atoms with van der Waals surface area (Å²) in [7, 11) is 0. The van der Waals surface area contributed by atoms with Gasteiger partial charge in [-0.05, 0) is 29.5 Å². The van der Waals surface area contributed by atoms with Gasteiger partial charge in [0, 0.05) is 17.3 Å². The molecule has 110 valence electrons. The van der Waals surface area contributed by atoms with E-state index in [-0.39, 0.29) is 0 Å². The summed E-state index contributed by atoms with van der Waals surface area (Å²) in [6.07, 6.45) is 3.09. The first kappa shape index (κ1) is 14.5. The minimum Gasteiger partial charge on any atom is -0.256 e. The Morgan fingerprint density at radius 2 is 1.41 bits per heavy atom. The zero-order valence-corrected chi connectivity index (χ0v) is 13.2. The average molecular weight is 287 g/mol. The minimum absolute atomic E-state index is 0.619. The maximum Gasteiger partial charge on any atom is 0.0705 e. The van der Waals surface area contributed by atoms with E-state index in [9.17, 15) is 0 Å². The Morgan fingerprint density at radius 3 is 2.00 bits per heavy atom. The van der Waals surface area contributed by atoms with Crippen LogP contribution in [0.2, 0.25) is 0 Å². The van der Waals surface area contributed by atoms with E-state index in [1.807, 2.05) is 12.3 Å². The highest BCUT2D eigenvalue weighted by atomic mass is 14.7. The second-order valence-electron chi connectivity index (χ2n) is 6.06. The third-order valence-corrected chi connectivity index (χ3v) is 3.77. The highest BCUT2D eigenvalue weighted by Crippen LogP contribution is 2.28. The summed E-state index contributed by atoms with van der Waals surface area (Å²) in [5, 5.41) is 0. The Hall–Kier alpha value is -2.41. The van der Waals surface area contributed by atoms with E-state index in [1.165, 1.54) is 22.3 Å². The van der Waals surface area contributed by atoms with Gasteiger partial charge in [-0.2, -0.15) is 0 Å². The van der Waals surface area contributed by atoms with E-state index in [0.29, 0.717) is 5.92 Å². The lowest BCUT2D eigenvalue weighted by Crippen LogP contribution is -1.99. The average Bonchev–Trinajstić information content (AvgIpc) is 2.56. The lowest BCUT2D eigenvalue weighted by Gasteiger charge is -2.13. The summed E-state index contributed by atoms with van der Waals surface area (Å²) in [5.41, 5.74) is 6.08. The summed E-state index contributed by atoms with van der Waals surface area (Å²) < 4.78 is 0. The molecule has 0 radical (unpaired) electrons. The first-order valence-corrected chi connectivity index (χ1v) is 7.84. The van der Waals surface area contributed by atoms with Gasteiger partial charge in [0.15, 0.2) is 0 Å². The standard InChI is InChI=1S/C21H21N/c1-16(2)13-19-14-21(18-11-7-4-8-12-18)22-15-20(19)17-9-5-3-6-10-17/h3-12,14-16H,13H2,1-2H3. The molecule has 0 aliphatic carbocycles. The monoisotopic (exact) mass is 287 g/mol. The van der Waals surface area contributed by atoms with Gasteiger partial charge in [0.25, 0.3) is 0 Å². The number of nitrogens with zero attached hydrogens (tertiary/aromatic N) is 1. The normalized spacial score (nSPS) is 10.9. The van der Waals surface area contributed by atoms with Crippen molar-refractivity contribution in [1.82, 2.24) is 4.98 Å². The Morgan fingerprint density at radius 1 is 0.818 bits per heavy atom. The second-order valence-corrected chi connectivity index (χ2v) is 6.06. The minimum atomic E-state index is 0.619. The molecule has 0 amide bonds. The number of rotatable bonds is 4. The van der Waals surface area contributed by atoms with Crippen molar-refractivity contribution >= 4 is 0 Å². The van der Waals surface area contributed by atoms with E-state index >= 15 is 0 Å². The molecule has 1 nitrogen and oxygen atoms in total. The molecule has 0 saturated carbocycles. The third kappa shape index (κ3) is 3.25. The zero-order valence-electron chi connectivity index (χ0n) is 13.2. The van der Waals surface area contributed by atoms with E-state index in [1.54, 1.807) is 0 Å². The molecule has 2 aromatic carbocycles. The molecule has 0 aliphatic rings. The quantitative estimate of drug-likeness (QED) is 0.607. The van der Waals surface area contributed by atoms with E-state index in [4.69, 9.17) is 4.98 Å². The van der Waals surface area contributed by atoms with Crippen LogP contribution in [0.25, 0.3) is 22.4 Å². The summed E-state index contributed by atoms with van der Waals surface area (Å²) >= 11 is 0. The van der Waals surface area contributed by atoms with Crippen LogP contribution in [0.5, 0.6) is 0 Å². The molecule has 1 heteroatoms. The fraction of sp³-hybridized carbons (Fsp3) is 0.190. The fourth-order valence-corrected chi connectivity index (χ4v) is 2.75. The highest BCUT2D eigenvalue weighted by molar-refractivity contribution is 5.70. The summed E-state index contributed by atoms with van der Waals surface area (Å²) in [4.78, 5) is 4.69. The van der Waals surface area contributed by atoms with Crippen LogP contribution in [-0.4, -0.2) is 4.98 Å². The molecule has 0 unspecified atom stereocenters. The van der Waals surface area contributed by atoms with Gasteiger partial charge in [-0.3, -0.25) is 4.98 Å². The largest absolute Gasteiger partial charge is 0.256 e. The number of hydrogen-bond donors (Lipinski definition) is 0. The smallest absolute Gasteiger partial charge is 0.0705 e. The Balaban J connectivity index is 2.08. The van der Waals surface area contributed by atoms with Crippen LogP contribution in [0.15, 0.2) is 72.9 Å². The third-order valence-electron chi connectivity index (χ3n) is 3.77. The highest BCUT2D eigenvalue weighted by Gasteiger charge is 2.10. The first-order valence-electron chi connectivity index (χ1n) is 7.84. The number of hydrogen-bond acceptors (Lipinski definition) is 1. The summed E-state index contributed by atoms with van der Waals surface area (Å²) in [6, 6.07) is 23.2. The molecule has 22 heavy (non-hydrogen) atoms. The van der Waals surface area contributed by atoms with Crippen molar-refractivity contribution in [3.05, 3.63) is 78.5 Å². The molecule has 0 fully saturated rings. The van der Waals surface area contributed by atoms with Crippen LogP contribution in [0.3, 0.4) is 0 Å². The molecule has 0 saturated heterocycles. The van der Waals surface area contributed by atoms with Crippen LogP contribution < -0.4 is 0 Å². The maximum atomic E-state index is 4.69. The van der Waals surface area contributed by atoms with Crippen LogP contribution in [0.4, 0.5) is 0 Å². The molecule has 0 spiro atoms. The molecule has 0 bridgehead atoms. The number of pyridine rings is 1. The van der Waals surface area contributed by atoms with Crippen molar-refractivity contribution in [2.24, 2.45) is 5.92 Å². The van der Waals surface area contributed by atoms with Gasteiger partial charge < -0.3 is 0 Å². The van der Waals surface area contributed by atoms with E-state index < -0.39 is 0 Å². The van der Waals surface area contributed by atoms with Crippen molar-refractivity contribution in [1.29, 1.82) is 0 Å². The summed E-state index contributed by atoms with van der Waals surface area (Å²) in [5.74, 6) is 0.619. The van der Waals surface area contributed by atoms with Crippen LogP contribution in [0, 0.1) is 5.92 Å². The second kappa shape index (κ2) is 6.57. The molecule has 1 heterocycles. The predicted molar refractivity (Wildman–Crippen MR) is 93.7 cm³/mol. The number of aromatic nitrogens is 1. The van der Waals surface area contributed by atoms with E-state index in [0.717, 1.165) is 12.1 Å². The SMILES string of the molecule is CC(C)Cc1cc(-c2ccccc2)ncc1-c1ccccc1. The Labute approximate surface area is 132 Å². The van der Waals surface area contributed by atoms with Gasteiger partial charge in [-0.25, -0.2) is 0 Å². The number of benzene rings is 2. The summed E-state index contributed by atoms with van der Waals surface area (Å²) in [6.45, 7) is 4.52. The van der Waals surface area contributed by atoms with Crippen molar-refractivity contribution in [2.75, 3.05) is 0 Å². The van der Waals surface area contributed by atoms with Crippen LogP contribution in [0.1, 0.15) is 19.4 Å². The molecular weight excluding hydrogens is 266 g/mol. The van der Waals surface area contributed by atoms with Crippen LogP contribution >= 0.6 is 0 Å². The molecule has 0 N–H and O–H groups in total. The predicted octanol–water partition coefficient (Wildman–Crippen LogP) is 5.61. The van der Waals surface area contributed by atoms with Gasteiger partial charge >= 0.3 is 0 Å².